The van der Waals surface area contributed by atoms with Gasteiger partial charge in [-0.1, -0.05) is 30.0 Å². The summed E-state index contributed by atoms with van der Waals surface area (Å²) in [6.45, 7) is 1.89. The van der Waals surface area contributed by atoms with E-state index in [0.29, 0.717) is 15.8 Å². The molecule has 1 amide bonds. The van der Waals surface area contributed by atoms with Gasteiger partial charge in [0.2, 0.25) is 0 Å². The number of carbonyl (C=O) groups excluding carboxylic acids is 2. The Bertz CT molecular complexity index is 536. The van der Waals surface area contributed by atoms with E-state index in [1.54, 1.807) is 24.3 Å². The third-order valence-electron chi connectivity index (χ3n) is 2.28. The van der Waals surface area contributed by atoms with Crippen LogP contribution in [0.2, 0.25) is 0 Å². The summed E-state index contributed by atoms with van der Waals surface area (Å²) < 4.78 is 5.21. The highest BCUT2D eigenvalue weighted by molar-refractivity contribution is 8.26. The number of ether oxygens (including phenoxy) is 1. The van der Waals surface area contributed by atoms with Crippen LogP contribution in [0, 0.1) is 0 Å². The van der Waals surface area contributed by atoms with Crippen molar-refractivity contribution in [2.24, 2.45) is 0 Å². The van der Waals surface area contributed by atoms with E-state index in [2.05, 4.69) is 0 Å². The summed E-state index contributed by atoms with van der Waals surface area (Å²) >= 11 is 7.86. The van der Waals surface area contributed by atoms with Crippen LogP contribution in [0.4, 0.5) is 0 Å². The number of thioether (sulfide) groups is 1. The molecule has 0 unspecified atom stereocenters. The highest BCUT2D eigenvalue weighted by atomic mass is 32.2. The van der Waals surface area contributed by atoms with E-state index in [1.807, 2.05) is 17.5 Å². The van der Waals surface area contributed by atoms with Crippen LogP contribution < -0.4 is 0 Å². The Morgan fingerprint density at radius 1 is 1.58 bits per heavy atom. The van der Waals surface area contributed by atoms with Crippen LogP contribution >= 0.6 is 35.3 Å². The number of esters is 1. The quantitative estimate of drug-likeness (QED) is 0.485. The maximum absolute atomic E-state index is 12.1. The number of hydrogen-bond donors (Lipinski definition) is 0. The molecule has 1 fully saturated rings. The fourth-order valence-electron chi connectivity index (χ4n) is 1.47. The van der Waals surface area contributed by atoms with Gasteiger partial charge in [-0.3, -0.25) is 14.5 Å². The minimum Gasteiger partial charge on any atom is -0.465 e. The van der Waals surface area contributed by atoms with Gasteiger partial charge in [-0.25, -0.2) is 0 Å². The lowest BCUT2D eigenvalue weighted by atomic mass is 10.3. The van der Waals surface area contributed by atoms with Gasteiger partial charge < -0.3 is 4.74 Å². The number of hydrogen-bond acceptors (Lipinski definition) is 6. The predicted octanol–water partition coefficient (Wildman–Crippen LogP) is 2.51. The van der Waals surface area contributed by atoms with Gasteiger partial charge in [0, 0.05) is 4.88 Å². The molecule has 1 aromatic heterocycles. The molecule has 1 aliphatic rings. The van der Waals surface area contributed by atoms with Crippen molar-refractivity contribution in [2.45, 2.75) is 6.92 Å². The SMILES string of the molecule is CCOC(=O)CN1C(=O)/C(=C\c2cccs2)SC1=S. The average Bonchev–Trinajstić information content (AvgIpc) is 2.95. The Labute approximate surface area is 124 Å². The first-order chi connectivity index (χ1) is 9.11. The third-order valence-corrected chi connectivity index (χ3v) is 4.48. The van der Waals surface area contributed by atoms with E-state index >= 15 is 0 Å². The van der Waals surface area contributed by atoms with E-state index < -0.39 is 5.97 Å². The zero-order valence-electron chi connectivity index (χ0n) is 10.1. The first-order valence-electron chi connectivity index (χ1n) is 5.56. The highest BCUT2D eigenvalue weighted by Crippen LogP contribution is 2.33. The van der Waals surface area contributed by atoms with Gasteiger partial charge in [0.05, 0.1) is 11.5 Å². The van der Waals surface area contributed by atoms with E-state index in [-0.39, 0.29) is 12.5 Å². The molecule has 100 valence electrons. The molecule has 0 saturated carbocycles. The van der Waals surface area contributed by atoms with Crippen molar-refractivity contribution in [3.63, 3.8) is 0 Å². The normalized spacial score (nSPS) is 17.3. The fraction of sp³-hybridized carbons (Fsp3) is 0.250. The Morgan fingerprint density at radius 3 is 3.00 bits per heavy atom. The second-order valence-corrected chi connectivity index (χ2v) is 6.24. The van der Waals surface area contributed by atoms with Gasteiger partial charge in [0.15, 0.2) is 0 Å². The zero-order valence-corrected chi connectivity index (χ0v) is 12.6. The summed E-state index contributed by atoms with van der Waals surface area (Å²) in [4.78, 5) is 26.3. The van der Waals surface area contributed by atoms with Crippen molar-refractivity contribution in [3.05, 3.63) is 27.3 Å². The van der Waals surface area contributed by atoms with E-state index in [4.69, 9.17) is 17.0 Å². The van der Waals surface area contributed by atoms with Crippen LogP contribution in [0.5, 0.6) is 0 Å². The lowest BCUT2D eigenvalue weighted by molar-refractivity contribution is -0.145. The van der Waals surface area contributed by atoms with Crippen molar-refractivity contribution < 1.29 is 14.3 Å². The number of carbonyl (C=O) groups is 2. The molecule has 1 aliphatic heterocycles. The average molecular weight is 313 g/mol. The molecule has 4 nitrogen and oxygen atoms in total. The summed E-state index contributed by atoms with van der Waals surface area (Å²) in [7, 11) is 0. The van der Waals surface area contributed by atoms with Crippen molar-refractivity contribution in [3.8, 4) is 0 Å². The van der Waals surface area contributed by atoms with Gasteiger partial charge in [-0.15, -0.1) is 11.3 Å². The molecule has 1 saturated heterocycles. The van der Waals surface area contributed by atoms with Crippen molar-refractivity contribution >= 4 is 57.6 Å². The van der Waals surface area contributed by atoms with Gasteiger partial charge >= 0.3 is 5.97 Å². The Morgan fingerprint density at radius 2 is 2.37 bits per heavy atom. The van der Waals surface area contributed by atoms with Crippen molar-refractivity contribution in [1.82, 2.24) is 4.90 Å². The topological polar surface area (TPSA) is 46.6 Å². The lowest BCUT2D eigenvalue weighted by Crippen LogP contribution is -2.34. The van der Waals surface area contributed by atoms with Gasteiger partial charge in [-0.05, 0) is 24.4 Å². The number of amides is 1. The summed E-state index contributed by atoms with van der Waals surface area (Å²) in [5, 5.41) is 1.94. The summed E-state index contributed by atoms with van der Waals surface area (Å²) in [6, 6.07) is 3.83. The van der Waals surface area contributed by atoms with Crippen LogP contribution in [0.3, 0.4) is 0 Å². The van der Waals surface area contributed by atoms with Crippen LogP contribution in [0.1, 0.15) is 11.8 Å². The number of thiophene rings is 1. The van der Waals surface area contributed by atoms with Crippen LogP contribution in [-0.2, 0) is 14.3 Å². The Balaban J connectivity index is 2.10. The third kappa shape index (κ3) is 3.43. The Kier molecular flexibility index (Phi) is 4.73. The molecule has 2 rings (SSSR count). The summed E-state index contributed by atoms with van der Waals surface area (Å²) in [5.74, 6) is -0.687. The molecule has 2 heterocycles. The smallest absolute Gasteiger partial charge is 0.326 e. The molecular formula is C12H11NO3S3. The van der Waals surface area contributed by atoms with Crippen LogP contribution in [0.25, 0.3) is 6.08 Å². The molecule has 7 heteroatoms. The monoisotopic (exact) mass is 313 g/mol. The van der Waals surface area contributed by atoms with E-state index in [1.165, 1.54) is 16.7 Å². The lowest BCUT2D eigenvalue weighted by Gasteiger charge is -2.12. The van der Waals surface area contributed by atoms with E-state index in [9.17, 15) is 9.59 Å². The maximum atomic E-state index is 12.1. The molecule has 19 heavy (non-hydrogen) atoms. The Hall–Kier alpha value is -1.18. The highest BCUT2D eigenvalue weighted by Gasteiger charge is 2.33. The number of rotatable bonds is 4. The summed E-state index contributed by atoms with van der Waals surface area (Å²) in [6.07, 6.45) is 1.79. The zero-order chi connectivity index (χ0) is 13.8. The number of thiocarbonyl (C=S) groups is 1. The second-order valence-electron chi connectivity index (χ2n) is 3.59. The first-order valence-corrected chi connectivity index (χ1v) is 7.66. The molecule has 0 aliphatic carbocycles. The van der Waals surface area contributed by atoms with E-state index in [0.717, 1.165) is 4.88 Å². The van der Waals surface area contributed by atoms with Crippen LogP contribution in [0.15, 0.2) is 22.4 Å². The largest absolute Gasteiger partial charge is 0.465 e. The van der Waals surface area contributed by atoms with Gasteiger partial charge in [0.1, 0.15) is 10.9 Å². The number of nitrogens with zero attached hydrogens (tertiary/aromatic N) is 1. The standard InChI is InChI=1S/C12H11NO3S3/c1-2-16-10(14)7-13-11(15)9(19-12(13)17)6-8-4-3-5-18-8/h3-6H,2,7H2,1H3/b9-6+. The molecular weight excluding hydrogens is 302 g/mol. The molecule has 0 bridgehead atoms. The summed E-state index contributed by atoms with van der Waals surface area (Å²) in [5.41, 5.74) is 0. The first kappa shape index (κ1) is 14.2. The fourth-order valence-corrected chi connectivity index (χ4v) is 3.45. The second kappa shape index (κ2) is 6.31. The molecule has 0 spiro atoms. The molecule has 1 aromatic rings. The molecule has 0 radical (unpaired) electrons. The molecule has 0 aromatic carbocycles. The van der Waals surface area contributed by atoms with Crippen LogP contribution in [-0.4, -0.2) is 34.2 Å². The maximum Gasteiger partial charge on any atom is 0.326 e. The van der Waals surface area contributed by atoms with Gasteiger partial charge in [0.25, 0.3) is 5.91 Å². The van der Waals surface area contributed by atoms with Gasteiger partial charge in [-0.2, -0.15) is 0 Å². The predicted molar refractivity (Wildman–Crippen MR) is 80.8 cm³/mol. The van der Waals surface area contributed by atoms with Crippen molar-refractivity contribution in [1.29, 1.82) is 0 Å². The molecule has 0 atom stereocenters. The molecule has 0 N–H and O–H groups in total. The minimum absolute atomic E-state index is 0.125. The minimum atomic E-state index is -0.448. The van der Waals surface area contributed by atoms with Crippen molar-refractivity contribution in [2.75, 3.05) is 13.2 Å².